The fourth-order valence-corrected chi connectivity index (χ4v) is 1.46. The molecule has 0 aliphatic heterocycles. The van der Waals surface area contributed by atoms with Gasteiger partial charge in [-0.2, -0.15) is 0 Å². The van der Waals surface area contributed by atoms with Gasteiger partial charge in [0.25, 0.3) is 0 Å². The van der Waals surface area contributed by atoms with Gasteiger partial charge in [0.1, 0.15) is 9.99 Å². The van der Waals surface area contributed by atoms with Crippen LogP contribution in [0.5, 0.6) is 0 Å². The molecule has 1 heterocycles. The predicted octanol–water partition coefficient (Wildman–Crippen LogP) is 1.81. The van der Waals surface area contributed by atoms with Crippen molar-refractivity contribution in [1.82, 2.24) is 4.98 Å². The molecule has 0 spiro atoms. The highest BCUT2D eigenvalue weighted by atomic mass is 127. The van der Waals surface area contributed by atoms with Crippen molar-refractivity contribution in [2.45, 2.75) is 6.92 Å². The highest BCUT2D eigenvalue weighted by Crippen LogP contribution is 2.05. The molecule has 3 heteroatoms. The summed E-state index contributed by atoms with van der Waals surface area (Å²) in [4.78, 5) is 14.4. The summed E-state index contributed by atoms with van der Waals surface area (Å²) in [6, 6.07) is 3.51. The van der Waals surface area contributed by atoms with Crippen LogP contribution in [-0.2, 0) is 0 Å². The lowest BCUT2D eigenvalue weighted by atomic mass is 10.2. The lowest BCUT2D eigenvalue weighted by Gasteiger charge is -1.94. The first kappa shape index (κ1) is 7.65. The third-order valence-corrected chi connectivity index (χ3v) is 1.63. The van der Waals surface area contributed by atoms with Crippen LogP contribution in [-0.4, -0.2) is 11.3 Å². The van der Waals surface area contributed by atoms with Crippen molar-refractivity contribution >= 4 is 28.9 Å². The number of halogens is 1. The van der Waals surface area contributed by atoms with Crippen molar-refractivity contribution < 1.29 is 4.79 Å². The summed E-state index contributed by atoms with van der Waals surface area (Å²) in [6.07, 6.45) is 0.830. The van der Waals surface area contributed by atoms with Gasteiger partial charge < -0.3 is 0 Å². The number of hydrogen-bond acceptors (Lipinski definition) is 2. The van der Waals surface area contributed by atoms with E-state index in [1.165, 1.54) is 0 Å². The monoisotopic (exact) mass is 247 g/mol. The maximum Gasteiger partial charge on any atom is 0.150 e. The van der Waals surface area contributed by atoms with Crippen molar-refractivity contribution in [3.05, 3.63) is 27.1 Å². The molecular formula is C7H6INO. The molecule has 0 unspecified atom stereocenters. The summed E-state index contributed by atoms with van der Waals surface area (Å²) >= 11 is 2.08. The minimum atomic E-state index is 0.692. The van der Waals surface area contributed by atoms with Crippen molar-refractivity contribution in [3.8, 4) is 0 Å². The largest absolute Gasteiger partial charge is 0.298 e. The van der Waals surface area contributed by atoms with Gasteiger partial charge in [0.05, 0.1) is 0 Å². The lowest BCUT2D eigenvalue weighted by Crippen LogP contribution is -1.88. The predicted molar refractivity (Wildman–Crippen MR) is 47.1 cm³/mol. The number of carbonyl (C=O) groups excluding carboxylic acids is 1. The molecular weight excluding hydrogens is 241 g/mol. The van der Waals surface area contributed by atoms with Gasteiger partial charge in [-0.1, -0.05) is 0 Å². The van der Waals surface area contributed by atoms with E-state index in [-0.39, 0.29) is 0 Å². The van der Waals surface area contributed by atoms with Gasteiger partial charge in [-0.15, -0.1) is 0 Å². The Hall–Kier alpha value is -0.450. The number of pyridine rings is 1. The first-order valence-corrected chi connectivity index (χ1v) is 3.89. The molecule has 0 saturated heterocycles. The number of rotatable bonds is 1. The Balaban J connectivity index is 3.18. The molecule has 10 heavy (non-hydrogen) atoms. The first-order valence-electron chi connectivity index (χ1n) is 2.82. The van der Waals surface area contributed by atoms with E-state index in [0.717, 1.165) is 15.7 Å². The van der Waals surface area contributed by atoms with Crippen LogP contribution in [0, 0.1) is 10.6 Å². The van der Waals surface area contributed by atoms with Gasteiger partial charge in [0.15, 0.2) is 0 Å². The smallest absolute Gasteiger partial charge is 0.150 e. The quantitative estimate of drug-likeness (QED) is 0.430. The van der Waals surface area contributed by atoms with E-state index in [0.29, 0.717) is 5.56 Å². The Morgan fingerprint density at radius 1 is 1.60 bits per heavy atom. The molecule has 1 aromatic rings. The van der Waals surface area contributed by atoms with Crippen LogP contribution in [0.25, 0.3) is 0 Å². The Morgan fingerprint density at radius 3 is 2.80 bits per heavy atom. The molecule has 2 nitrogen and oxygen atoms in total. The number of aromatic nitrogens is 1. The summed E-state index contributed by atoms with van der Waals surface area (Å²) in [5.41, 5.74) is 1.57. The summed E-state index contributed by atoms with van der Waals surface area (Å²) in [5.74, 6) is 0. The van der Waals surface area contributed by atoms with Crippen LogP contribution >= 0.6 is 22.6 Å². The summed E-state index contributed by atoms with van der Waals surface area (Å²) in [6.45, 7) is 1.87. The fourth-order valence-electron chi connectivity index (χ4n) is 0.721. The second-order valence-corrected chi connectivity index (χ2v) is 3.09. The van der Waals surface area contributed by atoms with E-state index < -0.39 is 0 Å². The molecule has 0 aromatic carbocycles. The van der Waals surface area contributed by atoms with Gasteiger partial charge in [0, 0.05) is 11.3 Å². The first-order chi connectivity index (χ1) is 4.72. The molecule has 0 bridgehead atoms. The Bertz CT molecular complexity index is 240. The third-order valence-electron chi connectivity index (χ3n) is 1.08. The number of hydrogen-bond donors (Lipinski definition) is 0. The van der Waals surface area contributed by atoms with Crippen molar-refractivity contribution in [2.24, 2.45) is 0 Å². The van der Waals surface area contributed by atoms with Crippen molar-refractivity contribution in [1.29, 1.82) is 0 Å². The fraction of sp³-hybridized carbons (Fsp3) is 0.143. The normalized spacial score (nSPS) is 9.40. The molecule has 0 saturated carbocycles. The number of aryl methyl sites for hydroxylation is 1. The zero-order valence-corrected chi connectivity index (χ0v) is 7.62. The molecule has 0 fully saturated rings. The standard InChI is InChI=1S/C7H6INO/c1-5-2-6(4-10)3-7(8)9-5/h2-4H,1H3. The average molecular weight is 247 g/mol. The third kappa shape index (κ3) is 1.76. The van der Waals surface area contributed by atoms with Gasteiger partial charge in [-0.25, -0.2) is 4.98 Å². The Labute approximate surface area is 72.8 Å². The zero-order valence-electron chi connectivity index (χ0n) is 5.47. The van der Waals surface area contributed by atoms with E-state index in [1.807, 2.05) is 6.92 Å². The van der Waals surface area contributed by atoms with E-state index in [9.17, 15) is 4.79 Å². The summed E-state index contributed by atoms with van der Waals surface area (Å²) in [5, 5.41) is 0. The molecule has 1 rings (SSSR count). The van der Waals surface area contributed by atoms with Gasteiger partial charge in [-0.05, 0) is 41.6 Å². The van der Waals surface area contributed by atoms with E-state index in [4.69, 9.17) is 0 Å². The van der Waals surface area contributed by atoms with Crippen LogP contribution < -0.4 is 0 Å². The van der Waals surface area contributed by atoms with Crippen LogP contribution in [0.2, 0.25) is 0 Å². The van der Waals surface area contributed by atoms with Crippen LogP contribution in [0.4, 0.5) is 0 Å². The van der Waals surface area contributed by atoms with Crippen LogP contribution in [0.3, 0.4) is 0 Å². The molecule has 0 aliphatic carbocycles. The van der Waals surface area contributed by atoms with Crippen molar-refractivity contribution in [3.63, 3.8) is 0 Å². The molecule has 0 radical (unpaired) electrons. The SMILES string of the molecule is Cc1cc(C=O)cc(I)n1. The number of aldehydes is 1. The maximum atomic E-state index is 10.3. The minimum absolute atomic E-state index is 0.692. The van der Waals surface area contributed by atoms with E-state index >= 15 is 0 Å². The zero-order chi connectivity index (χ0) is 7.56. The average Bonchev–Trinajstić information content (AvgIpc) is 1.85. The van der Waals surface area contributed by atoms with E-state index in [2.05, 4.69) is 27.6 Å². The molecule has 52 valence electrons. The maximum absolute atomic E-state index is 10.3. The van der Waals surface area contributed by atoms with E-state index in [1.54, 1.807) is 12.1 Å². The van der Waals surface area contributed by atoms with Gasteiger partial charge >= 0.3 is 0 Å². The second-order valence-electron chi connectivity index (χ2n) is 1.98. The topological polar surface area (TPSA) is 30.0 Å². The number of nitrogens with zero attached hydrogens (tertiary/aromatic N) is 1. The summed E-state index contributed by atoms with van der Waals surface area (Å²) < 4.78 is 0.861. The second kappa shape index (κ2) is 3.09. The molecule has 0 N–H and O–H groups in total. The highest BCUT2D eigenvalue weighted by Gasteiger charge is 1.94. The lowest BCUT2D eigenvalue weighted by molar-refractivity contribution is 0.112. The van der Waals surface area contributed by atoms with Gasteiger partial charge in [0.2, 0.25) is 0 Å². The van der Waals surface area contributed by atoms with Crippen LogP contribution in [0.15, 0.2) is 12.1 Å². The van der Waals surface area contributed by atoms with Crippen molar-refractivity contribution in [2.75, 3.05) is 0 Å². The molecule has 0 atom stereocenters. The minimum Gasteiger partial charge on any atom is -0.298 e. The Morgan fingerprint density at radius 2 is 2.30 bits per heavy atom. The van der Waals surface area contributed by atoms with Gasteiger partial charge in [-0.3, -0.25) is 4.79 Å². The molecule has 0 aliphatic rings. The molecule has 1 aromatic heterocycles. The Kier molecular flexibility index (Phi) is 2.37. The highest BCUT2D eigenvalue weighted by molar-refractivity contribution is 14.1. The number of carbonyl (C=O) groups is 1. The molecule has 0 amide bonds. The summed E-state index contributed by atoms with van der Waals surface area (Å²) in [7, 11) is 0. The van der Waals surface area contributed by atoms with Crippen LogP contribution in [0.1, 0.15) is 16.1 Å².